The SMILES string of the molecule is COC1CNC(CN2CCCOCC2)C1. The van der Waals surface area contributed by atoms with Crippen LogP contribution in [0.2, 0.25) is 0 Å². The van der Waals surface area contributed by atoms with Gasteiger partial charge in [-0.2, -0.15) is 0 Å². The lowest BCUT2D eigenvalue weighted by Crippen LogP contribution is -2.38. The molecule has 2 aliphatic heterocycles. The third-order valence-corrected chi connectivity index (χ3v) is 3.31. The Bertz CT molecular complexity index is 181. The van der Waals surface area contributed by atoms with Crippen LogP contribution in [0.25, 0.3) is 0 Å². The first-order valence-corrected chi connectivity index (χ1v) is 5.95. The first kappa shape index (κ1) is 11.3. The summed E-state index contributed by atoms with van der Waals surface area (Å²) in [6, 6.07) is 0.605. The number of rotatable bonds is 3. The van der Waals surface area contributed by atoms with E-state index in [0.717, 1.165) is 39.3 Å². The number of methoxy groups -OCH3 is 1. The number of nitrogens with zero attached hydrogens (tertiary/aromatic N) is 1. The average molecular weight is 214 g/mol. The Morgan fingerprint density at radius 1 is 1.40 bits per heavy atom. The fraction of sp³-hybridized carbons (Fsp3) is 1.00. The van der Waals surface area contributed by atoms with Crippen LogP contribution in [0.4, 0.5) is 0 Å². The molecule has 88 valence electrons. The zero-order valence-electron chi connectivity index (χ0n) is 9.58. The summed E-state index contributed by atoms with van der Waals surface area (Å²) in [4.78, 5) is 2.50. The van der Waals surface area contributed by atoms with Gasteiger partial charge in [0.05, 0.1) is 12.7 Å². The minimum atomic E-state index is 0.415. The van der Waals surface area contributed by atoms with Gasteiger partial charge in [-0.25, -0.2) is 0 Å². The van der Waals surface area contributed by atoms with Crippen LogP contribution in [0.1, 0.15) is 12.8 Å². The molecule has 0 aliphatic carbocycles. The molecule has 15 heavy (non-hydrogen) atoms. The third-order valence-electron chi connectivity index (χ3n) is 3.31. The van der Waals surface area contributed by atoms with E-state index in [0.29, 0.717) is 12.1 Å². The summed E-state index contributed by atoms with van der Waals surface area (Å²) in [5.41, 5.74) is 0. The lowest BCUT2D eigenvalue weighted by molar-refractivity contribution is 0.114. The van der Waals surface area contributed by atoms with E-state index in [1.165, 1.54) is 13.0 Å². The molecule has 2 aliphatic rings. The molecule has 0 saturated carbocycles. The van der Waals surface area contributed by atoms with Crippen molar-refractivity contribution in [2.75, 3.05) is 46.5 Å². The molecule has 0 bridgehead atoms. The molecule has 0 aromatic carbocycles. The highest BCUT2D eigenvalue weighted by Gasteiger charge is 2.25. The van der Waals surface area contributed by atoms with E-state index >= 15 is 0 Å². The Morgan fingerprint density at radius 2 is 2.33 bits per heavy atom. The van der Waals surface area contributed by atoms with Crippen LogP contribution in [-0.4, -0.2) is 63.5 Å². The number of nitrogens with one attached hydrogen (secondary N) is 1. The van der Waals surface area contributed by atoms with Crippen LogP contribution in [0, 0.1) is 0 Å². The molecule has 0 spiro atoms. The summed E-state index contributed by atoms with van der Waals surface area (Å²) in [5, 5.41) is 3.52. The van der Waals surface area contributed by atoms with Crippen LogP contribution in [0.5, 0.6) is 0 Å². The highest BCUT2D eigenvalue weighted by molar-refractivity contribution is 4.84. The van der Waals surface area contributed by atoms with Gasteiger partial charge >= 0.3 is 0 Å². The van der Waals surface area contributed by atoms with Crippen LogP contribution >= 0.6 is 0 Å². The lowest BCUT2D eigenvalue weighted by Gasteiger charge is -2.23. The van der Waals surface area contributed by atoms with E-state index in [1.54, 1.807) is 7.11 Å². The Kier molecular flexibility index (Phi) is 4.38. The maximum absolute atomic E-state index is 5.44. The van der Waals surface area contributed by atoms with Crippen molar-refractivity contribution >= 4 is 0 Å². The van der Waals surface area contributed by atoms with Gasteiger partial charge in [-0.3, -0.25) is 4.90 Å². The monoisotopic (exact) mass is 214 g/mol. The maximum atomic E-state index is 5.44. The summed E-state index contributed by atoms with van der Waals surface area (Å²) in [5.74, 6) is 0. The Hall–Kier alpha value is -0.160. The molecule has 4 nitrogen and oxygen atoms in total. The molecule has 2 fully saturated rings. The zero-order valence-corrected chi connectivity index (χ0v) is 9.58. The van der Waals surface area contributed by atoms with Gasteiger partial charge in [-0.05, 0) is 12.8 Å². The van der Waals surface area contributed by atoms with Crippen molar-refractivity contribution < 1.29 is 9.47 Å². The largest absolute Gasteiger partial charge is 0.380 e. The van der Waals surface area contributed by atoms with E-state index in [2.05, 4.69) is 10.2 Å². The van der Waals surface area contributed by atoms with Crippen molar-refractivity contribution in [3.8, 4) is 0 Å². The van der Waals surface area contributed by atoms with Gasteiger partial charge in [-0.1, -0.05) is 0 Å². The Morgan fingerprint density at radius 3 is 3.13 bits per heavy atom. The molecule has 2 saturated heterocycles. The Labute approximate surface area is 91.9 Å². The van der Waals surface area contributed by atoms with Gasteiger partial charge in [-0.15, -0.1) is 0 Å². The smallest absolute Gasteiger partial charge is 0.0711 e. The van der Waals surface area contributed by atoms with E-state index < -0.39 is 0 Å². The predicted molar refractivity (Wildman–Crippen MR) is 59.1 cm³/mol. The van der Waals surface area contributed by atoms with E-state index in [4.69, 9.17) is 9.47 Å². The van der Waals surface area contributed by atoms with Crippen LogP contribution in [0.15, 0.2) is 0 Å². The minimum absolute atomic E-state index is 0.415. The van der Waals surface area contributed by atoms with Crippen LogP contribution in [-0.2, 0) is 9.47 Å². The van der Waals surface area contributed by atoms with E-state index in [1.807, 2.05) is 0 Å². The lowest BCUT2D eigenvalue weighted by atomic mass is 10.2. The zero-order chi connectivity index (χ0) is 10.5. The molecule has 4 heteroatoms. The predicted octanol–water partition coefficient (Wildman–Crippen LogP) is 0.0856. The summed E-state index contributed by atoms with van der Waals surface area (Å²) in [6.07, 6.45) is 2.73. The number of hydrogen-bond acceptors (Lipinski definition) is 4. The first-order chi connectivity index (χ1) is 7.38. The molecule has 2 rings (SSSR count). The Balaban J connectivity index is 1.71. The van der Waals surface area contributed by atoms with Crippen molar-refractivity contribution in [1.82, 2.24) is 10.2 Å². The molecule has 0 amide bonds. The van der Waals surface area contributed by atoms with Crippen LogP contribution in [0.3, 0.4) is 0 Å². The quantitative estimate of drug-likeness (QED) is 0.722. The van der Waals surface area contributed by atoms with Gasteiger partial charge in [0.2, 0.25) is 0 Å². The van der Waals surface area contributed by atoms with Crippen molar-refractivity contribution in [2.45, 2.75) is 25.0 Å². The van der Waals surface area contributed by atoms with Gasteiger partial charge in [0.25, 0.3) is 0 Å². The maximum Gasteiger partial charge on any atom is 0.0711 e. The molecule has 0 radical (unpaired) electrons. The fourth-order valence-corrected chi connectivity index (χ4v) is 2.39. The summed E-state index contributed by atoms with van der Waals surface area (Å²) >= 11 is 0. The first-order valence-electron chi connectivity index (χ1n) is 5.95. The summed E-state index contributed by atoms with van der Waals surface area (Å²) < 4.78 is 10.8. The van der Waals surface area contributed by atoms with Crippen molar-refractivity contribution in [3.05, 3.63) is 0 Å². The highest BCUT2D eigenvalue weighted by Crippen LogP contribution is 2.11. The van der Waals surface area contributed by atoms with Gasteiger partial charge in [0.15, 0.2) is 0 Å². The standard InChI is InChI=1S/C11H22N2O2/c1-14-11-7-10(12-8-11)9-13-3-2-5-15-6-4-13/h10-12H,2-9H2,1H3. The van der Waals surface area contributed by atoms with Crippen molar-refractivity contribution in [1.29, 1.82) is 0 Å². The second-order valence-electron chi connectivity index (χ2n) is 4.47. The van der Waals surface area contributed by atoms with E-state index in [9.17, 15) is 0 Å². The molecule has 0 aromatic rings. The third kappa shape index (κ3) is 3.41. The number of hydrogen-bond donors (Lipinski definition) is 1. The van der Waals surface area contributed by atoms with Gasteiger partial charge in [0.1, 0.15) is 0 Å². The second kappa shape index (κ2) is 5.80. The molecular weight excluding hydrogens is 192 g/mol. The molecule has 2 atom stereocenters. The molecular formula is C11H22N2O2. The van der Waals surface area contributed by atoms with Crippen LogP contribution < -0.4 is 5.32 Å². The van der Waals surface area contributed by atoms with Crippen molar-refractivity contribution in [2.24, 2.45) is 0 Å². The fourth-order valence-electron chi connectivity index (χ4n) is 2.39. The van der Waals surface area contributed by atoms with Crippen molar-refractivity contribution in [3.63, 3.8) is 0 Å². The summed E-state index contributed by atoms with van der Waals surface area (Å²) in [7, 11) is 1.80. The normalized spacial score (nSPS) is 34.2. The molecule has 0 aromatic heterocycles. The van der Waals surface area contributed by atoms with Gasteiger partial charge < -0.3 is 14.8 Å². The van der Waals surface area contributed by atoms with E-state index in [-0.39, 0.29) is 0 Å². The molecule has 2 heterocycles. The van der Waals surface area contributed by atoms with Gasteiger partial charge in [0, 0.05) is 45.9 Å². The topological polar surface area (TPSA) is 33.7 Å². The second-order valence-corrected chi connectivity index (χ2v) is 4.47. The average Bonchev–Trinajstić information content (AvgIpc) is 2.54. The minimum Gasteiger partial charge on any atom is -0.380 e. The highest BCUT2D eigenvalue weighted by atomic mass is 16.5. The molecule has 2 unspecified atom stereocenters. The summed E-state index contributed by atoms with van der Waals surface area (Å²) in [6.45, 7) is 6.22. The molecule has 1 N–H and O–H groups in total. The number of ether oxygens (including phenoxy) is 2.